The van der Waals surface area contributed by atoms with E-state index in [0.717, 1.165) is 12.3 Å². The molecule has 2 heteroatoms. The largest absolute Gasteiger partial charge is 0.486 e. The molecular weight excluding hydrogens is 222 g/mol. The third-order valence-corrected chi connectivity index (χ3v) is 4.36. The van der Waals surface area contributed by atoms with E-state index in [-0.39, 0.29) is 5.60 Å². The van der Waals surface area contributed by atoms with Crippen LogP contribution >= 0.6 is 0 Å². The zero-order chi connectivity index (χ0) is 12.6. The molecule has 0 N–H and O–H groups in total. The van der Waals surface area contributed by atoms with Crippen molar-refractivity contribution in [3.8, 4) is 5.75 Å². The van der Waals surface area contributed by atoms with E-state index in [0.29, 0.717) is 5.92 Å². The Morgan fingerprint density at radius 3 is 2.94 bits per heavy atom. The summed E-state index contributed by atoms with van der Waals surface area (Å²) in [5, 5.41) is 0. The number of hydrogen-bond donors (Lipinski definition) is 0. The second-order valence-corrected chi connectivity index (χ2v) is 6.14. The Kier molecular flexibility index (Phi) is 3.06. The van der Waals surface area contributed by atoms with E-state index in [4.69, 9.17) is 4.74 Å². The van der Waals surface area contributed by atoms with Gasteiger partial charge in [0.2, 0.25) is 0 Å². The molecule has 3 rings (SSSR count). The molecule has 2 atom stereocenters. The molecule has 2 fully saturated rings. The fourth-order valence-electron chi connectivity index (χ4n) is 3.27. The average molecular weight is 245 g/mol. The lowest BCUT2D eigenvalue weighted by molar-refractivity contribution is 0.0452. The van der Waals surface area contributed by atoms with E-state index in [2.05, 4.69) is 43.0 Å². The van der Waals surface area contributed by atoms with Crippen molar-refractivity contribution in [1.29, 1.82) is 0 Å². The quantitative estimate of drug-likeness (QED) is 0.809. The van der Waals surface area contributed by atoms with E-state index in [1.165, 1.54) is 37.9 Å². The molecule has 2 bridgehead atoms. The summed E-state index contributed by atoms with van der Waals surface area (Å²) >= 11 is 0. The van der Waals surface area contributed by atoms with Crippen LogP contribution in [0.5, 0.6) is 5.75 Å². The molecule has 2 heterocycles. The molecule has 0 saturated carbocycles. The Hall–Kier alpha value is -1.02. The highest BCUT2D eigenvalue weighted by molar-refractivity contribution is 5.31. The summed E-state index contributed by atoms with van der Waals surface area (Å²) in [6.07, 6.45) is 3.69. The Morgan fingerprint density at radius 1 is 1.22 bits per heavy atom. The minimum atomic E-state index is 0.105. The molecule has 2 aliphatic heterocycles. The monoisotopic (exact) mass is 245 g/mol. The van der Waals surface area contributed by atoms with Crippen LogP contribution in [-0.2, 0) is 0 Å². The molecule has 0 radical (unpaired) electrons. The normalized spacial score (nSPS) is 30.7. The van der Waals surface area contributed by atoms with Crippen molar-refractivity contribution in [2.45, 2.75) is 44.6 Å². The Morgan fingerprint density at radius 2 is 2.11 bits per heavy atom. The van der Waals surface area contributed by atoms with Gasteiger partial charge in [0.05, 0.1) is 0 Å². The summed E-state index contributed by atoms with van der Waals surface area (Å²) in [5.41, 5.74) is 1.47. The zero-order valence-electron chi connectivity index (χ0n) is 11.5. The van der Waals surface area contributed by atoms with Crippen molar-refractivity contribution < 1.29 is 4.74 Å². The second kappa shape index (κ2) is 4.58. The number of fused-ring (bicyclic) bond motifs is 2. The van der Waals surface area contributed by atoms with Crippen LogP contribution in [0.25, 0.3) is 0 Å². The van der Waals surface area contributed by atoms with Crippen molar-refractivity contribution >= 4 is 0 Å². The molecule has 0 amide bonds. The fourth-order valence-corrected chi connectivity index (χ4v) is 3.27. The predicted octanol–water partition coefficient (Wildman–Crippen LogP) is 3.43. The number of benzene rings is 1. The van der Waals surface area contributed by atoms with Gasteiger partial charge in [0, 0.05) is 19.5 Å². The average Bonchev–Trinajstić information content (AvgIpc) is 2.64. The molecule has 0 aliphatic carbocycles. The number of hydrogen-bond acceptors (Lipinski definition) is 2. The topological polar surface area (TPSA) is 12.5 Å². The maximum absolute atomic E-state index is 6.38. The molecule has 18 heavy (non-hydrogen) atoms. The zero-order valence-corrected chi connectivity index (χ0v) is 11.5. The molecule has 2 unspecified atom stereocenters. The molecule has 0 spiro atoms. The van der Waals surface area contributed by atoms with Gasteiger partial charge in [-0.05, 0) is 43.0 Å². The van der Waals surface area contributed by atoms with Crippen LogP contribution in [0.4, 0.5) is 0 Å². The lowest BCUT2D eigenvalue weighted by atomic mass is 9.94. The van der Waals surface area contributed by atoms with E-state index in [1.807, 2.05) is 0 Å². The van der Waals surface area contributed by atoms with E-state index in [9.17, 15) is 0 Å². The van der Waals surface area contributed by atoms with Crippen LogP contribution in [0.1, 0.15) is 44.6 Å². The summed E-state index contributed by atoms with van der Waals surface area (Å²) in [4.78, 5) is 2.54. The third kappa shape index (κ3) is 2.26. The van der Waals surface area contributed by atoms with Crippen LogP contribution < -0.4 is 4.74 Å². The van der Waals surface area contributed by atoms with Crippen molar-refractivity contribution in [2.75, 3.05) is 19.6 Å². The highest BCUT2D eigenvalue weighted by Crippen LogP contribution is 2.36. The highest BCUT2D eigenvalue weighted by Gasteiger charge is 2.42. The molecule has 0 aromatic heterocycles. The molecule has 2 aliphatic rings. The maximum Gasteiger partial charge on any atom is 0.123 e. The van der Waals surface area contributed by atoms with Crippen LogP contribution in [0.15, 0.2) is 24.3 Å². The predicted molar refractivity (Wildman–Crippen MR) is 74.2 cm³/mol. The first-order valence-corrected chi connectivity index (χ1v) is 7.18. The molecule has 1 aromatic rings. The summed E-state index contributed by atoms with van der Waals surface area (Å²) in [6, 6.07) is 8.64. The first kappa shape index (κ1) is 12.0. The first-order valence-electron chi connectivity index (χ1n) is 7.18. The minimum Gasteiger partial charge on any atom is -0.486 e. The van der Waals surface area contributed by atoms with Gasteiger partial charge in [0.15, 0.2) is 0 Å². The van der Waals surface area contributed by atoms with Crippen molar-refractivity contribution in [3.05, 3.63) is 29.8 Å². The second-order valence-electron chi connectivity index (χ2n) is 6.14. The van der Waals surface area contributed by atoms with Gasteiger partial charge >= 0.3 is 0 Å². The fraction of sp³-hybridized carbons (Fsp3) is 0.625. The van der Waals surface area contributed by atoms with Crippen LogP contribution in [-0.4, -0.2) is 30.1 Å². The van der Waals surface area contributed by atoms with Gasteiger partial charge in [-0.15, -0.1) is 0 Å². The lowest BCUT2D eigenvalue weighted by Gasteiger charge is -2.34. The SMILES string of the molecule is CC(C)c1cccc(OC23CCCN(CC2)C3)c1. The van der Waals surface area contributed by atoms with Gasteiger partial charge in [-0.3, -0.25) is 4.90 Å². The van der Waals surface area contributed by atoms with Crippen molar-refractivity contribution in [1.82, 2.24) is 4.90 Å². The number of piperidine rings is 1. The summed E-state index contributed by atoms with van der Waals surface area (Å²) in [7, 11) is 0. The Bertz CT molecular complexity index is 425. The van der Waals surface area contributed by atoms with Gasteiger partial charge in [-0.2, -0.15) is 0 Å². The Labute approximate surface area is 110 Å². The molecule has 1 aromatic carbocycles. The van der Waals surface area contributed by atoms with Crippen LogP contribution in [0.3, 0.4) is 0 Å². The van der Waals surface area contributed by atoms with Gasteiger partial charge < -0.3 is 4.74 Å². The third-order valence-electron chi connectivity index (χ3n) is 4.36. The molecule has 2 saturated heterocycles. The number of nitrogens with zero attached hydrogens (tertiary/aromatic N) is 1. The maximum atomic E-state index is 6.38. The smallest absolute Gasteiger partial charge is 0.123 e. The number of ether oxygens (including phenoxy) is 1. The van der Waals surface area contributed by atoms with Gasteiger partial charge in [0.25, 0.3) is 0 Å². The molecular formula is C16H23NO. The van der Waals surface area contributed by atoms with E-state index < -0.39 is 0 Å². The van der Waals surface area contributed by atoms with Crippen molar-refractivity contribution in [3.63, 3.8) is 0 Å². The van der Waals surface area contributed by atoms with Crippen LogP contribution in [0.2, 0.25) is 0 Å². The molecule has 98 valence electrons. The van der Waals surface area contributed by atoms with Crippen LogP contribution in [0, 0.1) is 0 Å². The van der Waals surface area contributed by atoms with E-state index >= 15 is 0 Å². The van der Waals surface area contributed by atoms with Crippen molar-refractivity contribution in [2.24, 2.45) is 0 Å². The molecule has 2 nitrogen and oxygen atoms in total. The summed E-state index contributed by atoms with van der Waals surface area (Å²) in [5.74, 6) is 1.63. The minimum absolute atomic E-state index is 0.105. The van der Waals surface area contributed by atoms with Gasteiger partial charge in [0.1, 0.15) is 11.4 Å². The summed E-state index contributed by atoms with van der Waals surface area (Å²) < 4.78 is 6.38. The van der Waals surface area contributed by atoms with Gasteiger partial charge in [-0.25, -0.2) is 0 Å². The first-order chi connectivity index (χ1) is 8.67. The highest BCUT2D eigenvalue weighted by atomic mass is 16.5. The van der Waals surface area contributed by atoms with E-state index in [1.54, 1.807) is 0 Å². The number of rotatable bonds is 3. The van der Waals surface area contributed by atoms with Gasteiger partial charge in [-0.1, -0.05) is 26.0 Å². The lowest BCUT2D eigenvalue weighted by Crippen LogP contribution is -2.43. The summed E-state index contributed by atoms with van der Waals surface area (Å²) in [6.45, 7) is 8.06. The Balaban J connectivity index is 1.78. The standard InChI is InChI=1S/C16H23NO/c1-13(2)14-5-3-6-15(11-14)18-16-7-4-9-17(12-16)10-8-16/h3,5-6,11,13H,4,7-10,12H2,1-2H3.